The predicted molar refractivity (Wildman–Crippen MR) is 57.5 cm³/mol. The van der Waals surface area contributed by atoms with E-state index in [1.807, 2.05) is 0 Å². The van der Waals surface area contributed by atoms with E-state index in [0.29, 0.717) is 17.2 Å². The van der Waals surface area contributed by atoms with E-state index in [0.717, 1.165) is 5.56 Å². The fourth-order valence-electron chi connectivity index (χ4n) is 1.03. The average molecular weight is 211 g/mol. The Morgan fingerprint density at radius 1 is 1.64 bits per heavy atom. The molecule has 2 nitrogen and oxygen atoms in total. The number of ether oxygens (including phenoxy) is 1. The Hall–Kier alpha value is -1.28. The summed E-state index contributed by atoms with van der Waals surface area (Å²) < 4.78 is 4.83. The molecule has 0 N–H and O–H groups in total. The Labute approximate surface area is 88.1 Å². The molecule has 0 amide bonds. The minimum Gasteiger partial charge on any atom is -0.462 e. The first-order chi connectivity index (χ1) is 6.69. The molecule has 1 aromatic carbocycles. The van der Waals surface area contributed by atoms with E-state index < -0.39 is 5.97 Å². The van der Waals surface area contributed by atoms with Gasteiger partial charge in [0.15, 0.2) is 0 Å². The van der Waals surface area contributed by atoms with Crippen LogP contribution in [0.5, 0.6) is 0 Å². The molecule has 0 spiro atoms. The van der Waals surface area contributed by atoms with Crippen LogP contribution in [0.1, 0.15) is 22.8 Å². The van der Waals surface area contributed by atoms with Crippen molar-refractivity contribution in [2.24, 2.45) is 0 Å². The summed E-state index contributed by atoms with van der Waals surface area (Å²) in [7, 11) is 0. The van der Waals surface area contributed by atoms with Crippen molar-refractivity contribution in [1.82, 2.24) is 0 Å². The first-order valence-corrected chi connectivity index (χ1v) is 4.66. The summed E-state index contributed by atoms with van der Waals surface area (Å²) in [5.74, 6) is -0.395. The fourth-order valence-corrected chi connectivity index (χ4v) is 1.30. The number of rotatable bonds is 3. The van der Waals surface area contributed by atoms with Gasteiger partial charge in [-0.25, -0.2) is 4.79 Å². The molecule has 0 heterocycles. The largest absolute Gasteiger partial charge is 0.462 e. The van der Waals surface area contributed by atoms with E-state index in [1.54, 1.807) is 31.2 Å². The normalized spacial score (nSPS) is 9.57. The SMILES string of the molecule is C=Cc1ccc(C(=O)OCC)c(Cl)c1. The third kappa shape index (κ3) is 2.36. The van der Waals surface area contributed by atoms with Crippen LogP contribution in [0.4, 0.5) is 0 Å². The van der Waals surface area contributed by atoms with Crippen LogP contribution in [-0.4, -0.2) is 12.6 Å². The third-order valence-electron chi connectivity index (χ3n) is 1.72. The lowest BCUT2D eigenvalue weighted by Gasteiger charge is -2.04. The van der Waals surface area contributed by atoms with Gasteiger partial charge >= 0.3 is 5.97 Å². The molecule has 14 heavy (non-hydrogen) atoms. The van der Waals surface area contributed by atoms with Crippen molar-refractivity contribution in [1.29, 1.82) is 0 Å². The quantitative estimate of drug-likeness (QED) is 0.717. The highest BCUT2D eigenvalue weighted by Crippen LogP contribution is 2.19. The van der Waals surface area contributed by atoms with Crippen molar-refractivity contribution in [2.45, 2.75) is 6.92 Å². The summed E-state index contributed by atoms with van der Waals surface area (Å²) in [5.41, 5.74) is 1.27. The molecule has 0 saturated carbocycles. The lowest BCUT2D eigenvalue weighted by molar-refractivity contribution is 0.0526. The van der Waals surface area contributed by atoms with Gasteiger partial charge < -0.3 is 4.74 Å². The maximum Gasteiger partial charge on any atom is 0.339 e. The molecule has 0 radical (unpaired) electrons. The Bertz CT molecular complexity index is 358. The molecule has 0 unspecified atom stereocenters. The van der Waals surface area contributed by atoms with E-state index in [-0.39, 0.29) is 0 Å². The molecule has 0 fully saturated rings. The highest BCUT2D eigenvalue weighted by atomic mass is 35.5. The first kappa shape index (κ1) is 10.8. The fraction of sp³-hybridized carbons (Fsp3) is 0.182. The molecular formula is C11H11ClO2. The zero-order valence-electron chi connectivity index (χ0n) is 7.92. The molecule has 74 valence electrons. The molecule has 0 aliphatic rings. The first-order valence-electron chi connectivity index (χ1n) is 4.28. The van der Waals surface area contributed by atoms with Crippen LogP contribution in [0.3, 0.4) is 0 Å². The molecular weight excluding hydrogens is 200 g/mol. The van der Waals surface area contributed by atoms with Crippen LogP contribution in [0.2, 0.25) is 5.02 Å². The minimum atomic E-state index is -0.395. The van der Waals surface area contributed by atoms with Crippen LogP contribution in [0, 0.1) is 0 Å². The van der Waals surface area contributed by atoms with E-state index >= 15 is 0 Å². The lowest BCUT2D eigenvalue weighted by Crippen LogP contribution is -2.05. The third-order valence-corrected chi connectivity index (χ3v) is 2.04. The summed E-state index contributed by atoms with van der Waals surface area (Å²) in [4.78, 5) is 11.3. The smallest absolute Gasteiger partial charge is 0.339 e. The molecule has 0 saturated heterocycles. The van der Waals surface area contributed by atoms with E-state index in [9.17, 15) is 4.79 Å². The predicted octanol–water partition coefficient (Wildman–Crippen LogP) is 3.16. The number of esters is 1. The van der Waals surface area contributed by atoms with Crippen molar-refractivity contribution >= 4 is 23.6 Å². The second kappa shape index (κ2) is 4.82. The van der Waals surface area contributed by atoms with Gasteiger partial charge in [0, 0.05) is 0 Å². The van der Waals surface area contributed by atoms with E-state index in [4.69, 9.17) is 16.3 Å². The lowest BCUT2D eigenvalue weighted by atomic mass is 10.1. The average Bonchev–Trinajstić information content (AvgIpc) is 2.17. The van der Waals surface area contributed by atoms with Gasteiger partial charge in [-0.05, 0) is 24.6 Å². The van der Waals surface area contributed by atoms with E-state index in [2.05, 4.69) is 6.58 Å². The van der Waals surface area contributed by atoms with Crippen LogP contribution in [-0.2, 0) is 4.74 Å². The van der Waals surface area contributed by atoms with Crippen molar-refractivity contribution in [2.75, 3.05) is 6.61 Å². The molecule has 0 aliphatic carbocycles. The van der Waals surface area contributed by atoms with Crippen molar-refractivity contribution in [3.8, 4) is 0 Å². The summed E-state index contributed by atoms with van der Waals surface area (Å²) in [5, 5.41) is 0.390. The maximum absolute atomic E-state index is 11.3. The minimum absolute atomic E-state index is 0.346. The number of benzene rings is 1. The molecule has 0 atom stereocenters. The number of halogens is 1. The van der Waals surface area contributed by atoms with Crippen LogP contribution >= 0.6 is 11.6 Å². The van der Waals surface area contributed by atoms with Gasteiger partial charge in [-0.3, -0.25) is 0 Å². The molecule has 1 aromatic rings. The van der Waals surface area contributed by atoms with Crippen molar-refractivity contribution in [3.63, 3.8) is 0 Å². The Balaban J connectivity index is 2.99. The van der Waals surface area contributed by atoms with Crippen molar-refractivity contribution in [3.05, 3.63) is 40.9 Å². The van der Waals surface area contributed by atoms with Gasteiger partial charge in [-0.1, -0.05) is 30.3 Å². The van der Waals surface area contributed by atoms with Gasteiger partial charge in [0.05, 0.1) is 17.2 Å². The second-order valence-corrected chi connectivity index (χ2v) is 3.07. The summed E-state index contributed by atoms with van der Waals surface area (Å²) in [6.07, 6.45) is 1.67. The molecule has 1 rings (SSSR count). The molecule has 3 heteroatoms. The van der Waals surface area contributed by atoms with Crippen LogP contribution in [0.15, 0.2) is 24.8 Å². The Morgan fingerprint density at radius 3 is 2.86 bits per heavy atom. The summed E-state index contributed by atoms with van der Waals surface area (Å²) >= 11 is 5.89. The topological polar surface area (TPSA) is 26.3 Å². The number of hydrogen-bond acceptors (Lipinski definition) is 2. The molecule has 0 bridgehead atoms. The van der Waals surface area contributed by atoms with Gasteiger partial charge in [-0.2, -0.15) is 0 Å². The zero-order valence-corrected chi connectivity index (χ0v) is 8.67. The summed E-state index contributed by atoms with van der Waals surface area (Å²) in [6, 6.07) is 5.09. The van der Waals surface area contributed by atoms with Gasteiger partial charge in [-0.15, -0.1) is 0 Å². The van der Waals surface area contributed by atoms with E-state index in [1.165, 1.54) is 0 Å². The number of hydrogen-bond donors (Lipinski definition) is 0. The highest BCUT2D eigenvalue weighted by Gasteiger charge is 2.10. The number of carbonyl (C=O) groups is 1. The molecule has 0 aromatic heterocycles. The zero-order chi connectivity index (χ0) is 10.6. The number of carbonyl (C=O) groups excluding carboxylic acids is 1. The highest BCUT2D eigenvalue weighted by molar-refractivity contribution is 6.33. The second-order valence-electron chi connectivity index (χ2n) is 2.66. The standard InChI is InChI=1S/C11H11ClO2/c1-3-8-5-6-9(10(12)7-8)11(13)14-4-2/h3,5-7H,1,4H2,2H3. The summed E-state index contributed by atoms with van der Waals surface area (Å²) in [6.45, 7) is 5.71. The maximum atomic E-state index is 11.3. The monoisotopic (exact) mass is 210 g/mol. The Morgan fingerprint density at radius 2 is 2.36 bits per heavy atom. The van der Waals surface area contributed by atoms with Crippen molar-refractivity contribution < 1.29 is 9.53 Å². The Kier molecular flexibility index (Phi) is 3.72. The van der Waals surface area contributed by atoms with Crippen LogP contribution < -0.4 is 0 Å². The molecule has 0 aliphatic heterocycles. The van der Waals surface area contributed by atoms with Crippen LogP contribution in [0.25, 0.3) is 6.08 Å². The van der Waals surface area contributed by atoms with Gasteiger partial charge in [0.2, 0.25) is 0 Å². The van der Waals surface area contributed by atoms with Gasteiger partial charge in [0.25, 0.3) is 0 Å². The van der Waals surface area contributed by atoms with Gasteiger partial charge in [0.1, 0.15) is 0 Å².